The fourth-order valence-corrected chi connectivity index (χ4v) is 8.99. The van der Waals surface area contributed by atoms with Crippen molar-refractivity contribution in [3.63, 3.8) is 0 Å². The van der Waals surface area contributed by atoms with Crippen LogP contribution in [0.2, 0.25) is 0 Å². The number of aliphatic hydroxyl groups is 1. The van der Waals surface area contributed by atoms with Crippen molar-refractivity contribution < 1.29 is 57.8 Å². The van der Waals surface area contributed by atoms with E-state index in [9.17, 15) is 57.8 Å². The number of hydrogen-bond donors (Lipinski definition) is 5. The van der Waals surface area contributed by atoms with Crippen molar-refractivity contribution in [2.75, 3.05) is 62.4 Å². The second-order valence-electron chi connectivity index (χ2n) is 21.8. The lowest BCUT2D eigenvalue weighted by Gasteiger charge is -2.41. The Labute approximate surface area is 451 Å². The molecule has 0 spiro atoms. The van der Waals surface area contributed by atoms with E-state index in [2.05, 4.69) is 21.3 Å². The van der Waals surface area contributed by atoms with Crippen LogP contribution in [0.4, 0.5) is 0 Å². The van der Waals surface area contributed by atoms with E-state index in [0.29, 0.717) is 6.42 Å². The predicted octanol–water partition coefficient (Wildman–Crippen LogP) is 0.192. The summed E-state index contributed by atoms with van der Waals surface area (Å²) in [5.74, 6) is -9.16. The van der Waals surface area contributed by atoms with E-state index < -0.39 is 150 Å². The minimum Gasteiger partial charge on any atom is -0.390 e. The molecule has 0 radical (unpaired) electrons. The third-order valence-electron chi connectivity index (χ3n) is 14.0. The summed E-state index contributed by atoms with van der Waals surface area (Å²) in [4.78, 5) is 162. The second-order valence-corrected chi connectivity index (χ2v) is 21.8. The molecule has 0 aromatic rings. The lowest BCUT2D eigenvalue weighted by Crippen LogP contribution is -2.63. The van der Waals surface area contributed by atoms with Gasteiger partial charge in [-0.25, -0.2) is 0 Å². The van der Waals surface area contributed by atoms with Gasteiger partial charge in [-0.1, -0.05) is 67.5 Å². The molecular formula is C53H93N11O12. The first kappa shape index (κ1) is 67.9. The third kappa shape index (κ3) is 18.6. The minimum absolute atomic E-state index is 0.0265. The Bertz CT molecular complexity index is 2100. The molecule has 0 aromatic carbocycles. The molecule has 76 heavy (non-hydrogen) atoms. The van der Waals surface area contributed by atoms with Crippen LogP contribution in [0.15, 0.2) is 12.2 Å². The summed E-state index contributed by atoms with van der Waals surface area (Å²) in [5, 5.41) is 22.3. The van der Waals surface area contributed by atoms with Crippen molar-refractivity contribution >= 4 is 65.0 Å². The van der Waals surface area contributed by atoms with Gasteiger partial charge in [-0.15, -0.1) is 0 Å². The number of allylic oxidation sites excluding steroid dienone is 2. The van der Waals surface area contributed by atoms with E-state index in [-0.39, 0.29) is 31.1 Å². The molecule has 1 fully saturated rings. The molecule has 0 bridgehead atoms. The smallest absolute Gasteiger partial charge is 0.246 e. The number of nitrogens with zero attached hydrogens (tertiary/aromatic N) is 7. The maximum atomic E-state index is 15.0. The van der Waals surface area contributed by atoms with Crippen LogP contribution in [0.25, 0.3) is 0 Å². The van der Waals surface area contributed by atoms with Crippen LogP contribution < -0.4 is 21.3 Å². The zero-order valence-electron chi connectivity index (χ0n) is 49.0. The van der Waals surface area contributed by atoms with Gasteiger partial charge in [0.1, 0.15) is 54.4 Å². The van der Waals surface area contributed by atoms with Crippen LogP contribution in [-0.4, -0.2) is 227 Å². The van der Waals surface area contributed by atoms with E-state index in [0.717, 1.165) is 19.6 Å². The van der Waals surface area contributed by atoms with Gasteiger partial charge in [0.25, 0.3) is 0 Å². The molecule has 432 valence electrons. The highest BCUT2D eigenvalue weighted by atomic mass is 16.3. The summed E-state index contributed by atoms with van der Waals surface area (Å²) in [7, 11) is 9.62. The number of aliphatic hydroxyl groups excluding tert-OH is 1. The van der Waals surface area contributed by atoms with Crippen molar-refractivity contribution in [1.29, 1.82) is 0 Å². The lowest BCUT2D eigenvalue weighted by atomic mass is 9.91. The molecule has 1 aliphatic heterocycles. The maximum Gasteiger partial charge on any atom is 0.246 e. The van der Waals surface area contributed by atoms with Gasteiger partial charge >= 0.3 is 0 Å². The summed E-state index contributed by atoms with van der Waals surface area (Å²) < 4.78 is 0. The number of amides is 11. The molecule has 1 rings (SSSR count). The normalized spacial score (nSPS) is 27.4. The van der Waals surface area contributed by atoms with Gasteiger partial charge in [0.05, 0.1) is 19.2 Å². The van der Waals surface area contributed by atoms with E-state index in [4.69, 9.17) is 0 Å². The highest BCUT2D eigenvalue weighted by molar-refractivity contribution is 5.99. The summed E-state index contributed by atoms with van der Waals surface area (Å²) in [6, 6.07) is -11.1. The van der Waals surface area contributed by atoms with E-state index in [1.165, 1.54) is 91.7 Å². The lowest BCUT2D eigenvalue weighted by molar-refractivity contribution is -0.157. The zero-order valence-corrected chi connectivity index (χ0v) is 49.0. The molecule has 5 N–H and O–H groups in total. The van der Waals surface area contributed by atoms with Crippen LogP contribution in [0.3, 0.4) is 0 Å². The second kappa shape index (κ2) is 30.6. The van der Waals surface area contributed by atoms with Crippen molar-refractivity contribution in [3.8, 4) is 0 Å². The first-order chi connectivity index (χ1) is 35.1. The molecule has 1 heterocycles. The number of nitrogens with one attached hydrogen (secondary N) is 4. The van der Waals surface area contributed by atoms with Crippen molar-refractivity contribution in [1.82, 2.24) is 55.6 Å². The van der Waals surface area contributed by atoms with Gasteiger partial charge in [-0.3, -0.25) is 52.7 Å². The number of hydrogen-bond acceptors (Lipinski definition) is 12. The molecular weight excluding hydrogens is 983 g/mol. The van der Waals surface area contributed by atoms with E-state index in [1.54, 1.807) is 46.8 Å². The Balaban J connectivity index is 4.07. The Morgan fingerprint density at radius 3 is 1.47 bits per heavy atom. The van der Waals surface area contributed by atoms with Gasteiger partial charge in [0.15, 0.2) is 0 Å². The molecule has 1 saturated heterocycles. The molecule has 11 amide bonds. The molecule has 0 aromatic heterocycles. The summed E-state index contributed by atoms with van der Waals surface area (Å²) in [6.45, 7) is 20.5. The summed E-state index contributed by atoms with van der Waals surface area (Å²) in [5.41, 5.74) is 0. The maximum absolute atomic E-state index is 15.0. The summed E-state index contributed by atoms with van der Waals surface area (Å²) >= 11 is 0. The van der Waals surface area contributed by atoms with Crippen LogP contribution in [0.1, 0.15) is 116 Å². The van der Waals surface area contributed by atoms with Crippen molar-refractivity contribution in [2.45, 2.75) is 176 Å². The standard InChI is InChI=1S/C53H93N11O12/c1-21-23-24-32(9)44(67)43-47(70)57-37(22-2)50(73)59(15)28-41(66)60(16)36(13)46(69)56-34(11)48(71)58(14)27-40(65)54-33(10)45(68)55-35(12)49(72)61(17)38(25-29(3)4)51(74)62(18)39(26-30(5)6)52(75)63(19)42(31(7)8)53(76)64(43)20/h21,23,29-39,42-44,67H,22,24-28H2,1-20H3,(H,54,65)(H,55,68)(H,56,69)(H,57,70)/b23-21+/t32-,33+,34+,35-,36+,37+,38+,39+,42+,43+,44-/m1/s1. The van der Waals surface area contributed by atoms with Gasteiger partial charge in [-0.2, -0.15) is 0 Å². The highest BCUT2D eigenvalue weighted by Crippen LogP contribution is 2.25. The van der Waals surface area contributed by atoms with Gasteiger partial charge in [0.2, 0.25) is 65.0 Å². The topological polar surface area (TPSA) is 279 Å². The zero-order chi connectivity index (χ0) is 59.0. The molecule has 0 unspecified atom stereocenters. The average molecular weight is 1080 g/mol. The van der Waals surface area contributed by atoms with Gasteiger partial charge in [-0.05, 0) is 84.0 Å². The quantitative estimate of drug-likeness (QED) is 0.184. The molecule has 23 heteroatoms. The minimum atomic E-state index is -1.60. The number of carbonyl (C=O) groups is 11. The predicted molar refractivity (Wildman–Crippen MR) is 287 cm³/mol. The first-order valence-electron chi connectivity index (χ1n) is 26.4. The Hall–Kier alpha value is -6.13. The largest absolute Gasteiger partial charge is 0.390 e. The number of rotatable bonds is 10. The van der Waals surface area contributed by atoms with Crippen LogP contribution >= 0.6 is 0 Å². The third-order valence-corrected chi connectivity index (χ3v) is 14.0. The average Bonchev–Trinajstić information content (AvgIpc) is 3.34. The Morgan fingerprint density at radius 2 is 0.987 bits per heavy atom. The molecule has 1 aliphatic rings. The van der Waals surface area contributed by atoms with Gasteiger partial charge < -0.3 is 60.7 Å². The van der Waals surface area contributed by atoms with Crippen LogP contribution in [0, 0.1) is 23.7 Å². The van der Waals surface area contributed by atoms with Crippen LogP contribution in [-0.2, 0) is 52.7 Å². The fourth-order valence-electron chi connectivity index (χ4n) is 8.99. The van der Waals surface area contributed by atoms with E-state index in [1.807, 2.05) is 27.7 Å². The fraction of sp³-hybridized carbons (Fsp3) is 0.755. The first-order valence-corrected chi connectivity index (χ1v) is 26.4. The molecule has 11 atom stereocenters. The van der Waals surface area contributed by atoms with E-state index >= 15 is 0 Å². The SMILES string of the molecule is C/C=C/C[C@@H](C)[C@@H](O)[C@H]1C(=O)N[C@@H](CC)C(=O)N(C)CC(=O)N(C)[C@@H](C)C(=O)N[C@@H](C)C(=O)N(C)CC(=O)N[C@@H](C)C(=O)N[C@H](C)C(=O)N(C)[C@@H](CC(C)C)C(=O)N(C)[C@@H](CC(C)C)C(=O)N(C)[C@@H](C(C)C)C(=O)N1C. The number of likely N-dealkylation sites (N-methyl/N-ethyl adjacent to an activating group) is 7. The van der Waals surface area contributed by atoms with Crippen LogP contribution in [0.5, 0.6) is 0 Å². The number of carbonyl (C=O) groups excluding carboxylic acids is 11. The highest BCUT2D eigenvalue weighted by Gasteiger charge is 2.45. The Morgan fingerprint density at radius 1 is 0.526 bits per heavy atom. The van der Waals surface area contributed by atoms with Crippen molar-refractivity contribution in [3.05, 3.63) is 12.2 Å². The monoisotopic (exact) mass is 1080 g/mol. The van der Waals surface area contributed by atoms with Gasteiger partial charge in [0, 0.05) is 49.3 Å². The molecule has 0 aliphatic carbocycles. The summed E-state index contributed by atoms with van der Waals surface area (Å²) in [6.07, 6.45) is 2.73. The Kier molecular flexibility index (Phi) is 27.3. The molecule has 0 saturated carbocycles. The van der Waals surface area contributed by atoms with Crippen molar-refractivity contribution in [2.24, 2.45) is 23.7 Å². The molecule has 23 nitrogen and oxygen atoms in total.